The minimum Gasteiger partial charge on any atom is -0.344 e. The third-order valence-corrected chi connectivity index (χ3v) is 2.89. The van der Waals surface area contributed by atoms with Gasteiger partial charge in [0.25, 0.3) is 0 Å². The molecule has 4 N–H and O–H groups in total. The molecule has 0 aliphatic heterocycles. The maximum atomic E-state index is 12.7. The van der Waals surface area contributed by atoms with Crippen molar-refractivity contribution in [3.05, 3.63) is 0 Å². The summed E-state index contributed by atoms with van der Waals surface area (Å²) in [7, 11) is -7.01. The van der Waals surface area contributed by atoms with E-state index in [0.717, 1.165) is 0 Å². The summed E-state index contributed by atoms with van der Waals surface area (Å²) >= 11 is 0. The van der Waals surface area contributed by atoms with E-state index in [-0.39, 0.29) is 6.15 Å². The third-order valence-electron chi connectivity index (χ3n) is 1.99. The first-order chi connectivity index (χ1) is 7.56. The van der Waals surface area contributed by atoms with E-state index in [9.17, 15) is 43.5 Å². The van der Waals surface area contributed by atoms with Crippen LogP contribution in [0, 0.1) is 0 Å². The minimum absolute atomic E-state index is 0. The zero-order chi connectivity index (χ0) is 15.2. The SMILES string of the molecule is CCC(F)(F)C(F)(F)C(F)(F)C(F)(F)S(=O)(=O)O.N. The summed E-state index contributed by atoms with van der Waals surface area (Å²) in [6.07, 6.45) is -1.95. The normalized spacial score (nSPS) is 15.1. The average molecular weight is 327 g/mol. The van der Waals surface area contributed by atoms with E-state index >= 15 is 0 Å². The van der Waals surface area contributed by atoms with Gasteiger partial charge in [-0.05, 0) is 0 Å². The van der Waals surface area contributed by atoms with Crippen LogP contribution in [0.2, 0.25) is 0 Å². The van der Waals surface area contributed by atoms with Crippen molar-refractivity contribution in [2.75, 3.05) is 0 Å². The molecule has 0 aliphatic carbocycles. The highest BCUT2D eigenvalue weighted by Gasteiger charge is 2.83. The van der Waals surface area contributed by atoms with Crippen molar-refractivity contribution in [2.45, 2.75) is 36.4 Å². The smallest absolute Gasteiger partial charge is 0.344 e. The van der Waals surface area contributed by atoms with Gasteiger partial charge in [-0.2, -0.15) is 43.5 Å². The topological polar surface area (TPSA) is 89.4 Å². The zero-order valence-corrected chi connectivity index (χ0v) is 9.93. The number of alkyl halides is 8. The molecule has 19 heavy (non-hydrogen) atoms. The van der Waals surface area contributed by atoms with Gasteiger partial charge in [-0.25, -0.2) is 0 Å². The fourth-order valence-corrected chi connectivity index (χ4v) is 1.25. The van der Waals surface area contributed by atoms with E-state index in [0.29, 0.717) is 6.92 Å². The highest BCUT2D eigenvalue weighted by Crippen LogP contribution is 2.54. The summed E-state index contributed by atoms with van der Waals surface area (Å²) in [4.78, 5) is 0. The van der Waals surface area contributed by atoms with E-state index < -0.39 is 39.6 Å². The fourth-order valence-electron chi connectivity index (χ4n) is 0.796. The molecule has 0 amide bonds. The molecular formula is C6H9F8NO3S. The number of halogens is 8. The average Bonchev–Trinajstić information content (AvgIpc) is 2.15. The lowest BCUT2D eigenvalue weighted by Gasteiger charge is -2.34. The van der Waals surface area contributed by atoms with Crippen LogP contribution in [0.4, 0.5) is 35.1 Å². The van der Waals surface area contributed by atoms with Gasteiger partial charge in [-0.3, -0.25) is 4.55 Å². The van der Waals surface area contributed by atoms with Crippen LogP contribution in [0.1, 0.15) is 13.3 Å². The minimum atomic E-state index is -7.01. The second-order valence-corrected chi connectivity index (χ2v) is 4.66. The highest BCUT2D eigenvalue weighted by molar-refractivity contribution is 7.87. The predicted molar refractivity (Wildman–Crippen MR) is 46.6 cm³/mol. The van der Waals surface area contributed by atoms with Crippen molar-refractivity contribution in [3.8, 4) is 0 Å². The molecule has 4 nitrogen and oxygen atoms in total. The number of hydrogen-bond donors (Lipinski definition) is 2. The molecule has 0 bridgehead atoms. The van der Waals surface area contributed by atoms with Crippen LogP contribution >= 0.6 is 0 Å². The first-order valence-electron chi connectivity index (χ1n) is 4.04. The van der Waals surface area contributed by atoms with E-state index in [1.807, 2.05) is 0 Å². The van der Waals surface area contributed by atoms with Crippen molar-refractivity contribution in [3.63, 3.8) is 0 Å². The van der Waals surface area contributed by atoms with Gasteiger partial charge in [-0.15, -0.1) is 0 Å². The van der Waals surface area contributed by atoms with E-state index in [1.165, 1.54) is 0 Å². The second kappa shape index (κ2) is 5.01. The van der Waals surface area contributed by atoms with Gasteiger partial charge in [-0.1, -0.05) is 6.92 Å². The van der Waals surface area contributed by atoms with E-state index in [4.69, 9.17) is 4.55 Å². The van der Waals surface area contributed by atoms with Gasteiger partial charge in [0.1, 0.15) is 0 Å². The Kier molecular flexibility index (Phi) is 5.44. The molecule has 0 saturated carbocycles. The lowest BCUT2D eigenvalue weighted by molar-refractivity contribution is -0.348. The van der Waals surface area contributed by atoms with Crippen LogP contribution < -0.4 is 6.15 Å². The van der Waals surface area contributed by atoms with Crippen LogP contribution in [0.25, 0.3) is 0 Å². The van der Waals surface area contributed by atoms with Crippen LogP contribution in [-0.2, 0) is 10.1 Å². The lowest BCUT2D eigenvalue weighted by atomic mass is 10.0. The maximum absolute atomic E-state index is 12.7. The summed E-state index contributed by atoms with van der Waals surface area (Å²) < 4.78 is 128. The molecule has 0 saturated heterocycles. The largest absolute Gasteiger partial charge is 0.438 e. The Bertz CT molecular complexity index is 420. The summed E-state index contributed by atoms with van der Waals surface area (Å²) in [5.41, 5.74) is 0. The highest BCUT2D eigenvalue weighted by atomic mass is 32.2. The quantitative estimate of drug-likeness (QED) is 0.600. The molecule has 0 aliphatic rings. The van der Waals surface area contributed by atoms with Gasteiger partial charge >= 0.3 is 33.1 Å². The molecule has 0 unspecified atom stereocenters. The summed E-state index contributed by atoms with van der Waals surface area (Å²) in [6, 6.07) is 0. The van der Waals surface area contributed by atoms with E-state index in [1.54, 1.807) is 0 Å². The lowest BCUT2D eigenvalue weighted by Crippen LogP contribution is -2.64. The first-order valence-corrected chi connectivity index (χ1v) is 5.48. The molecule has 0 aromatic carbocycles. The molecule has 0 atom stereocenters. The second-order valence-electron chi connectivity index (χ2n) is 3.20. The molecule has 0 heterocycles. The molecule has 13 heteroatoms. The zero-order valence-electron chi connectivity index (χ0n) is 9.11. The fraction of sp³-hybridized carbons (Fsp3) is 1.00. The molecule has 0 aromatic rings. The van der Waals surface area contributed by atoms with Gasteiger partial charge in [0.2, 0.25) is 0 Å². The van der Waals surface area contributed by atoms with Crippen molar-refractivity contribution in [2.24, 2.45) is 0 Å². The maximum Gasteiger partial charge on any atom is 0.438 e. The molecule has 0 aromatic heterocycles. The molecular weight excluding hydrogens is 318 g/mol. The van der Waals surface area contributed by atoms with E-state index in [2.05, 4.69) is 0 Å². The molecule has 118 valence electrons. The van der Waals surface area contributed by atoms with Crippen LogP contribution in [0.3, 0.4) is 0 Å². The Balaban J connectivity index is 0. The van der Waals surface area contributed by atoms with Gasteiger partial charge in [0, 0.05) is 6.42 Å². The molecule has 0 spiro atoms. The van der Waals surface area contributed by atoms with Crippen LogP contribution in [0.15, 0.2) is 0 Å². The summed E-state index contributed by atoms with van der Waals surface area (Å²) in [5.74, 6) is -19.3. The monoisotopic (exact) mass is 327 g/mol. The first kappa shape index (κ1) is 20.6. The molecule has 0 radical (unpaired) electrons. The molecule has 0 rings (SSSR count). The number of rotatable bonds is 5. The standard InChI is InChI=1S/C6H6F8O3S.H3N/c1-2-3(7,8)4(9,10)5(11,12)6(13,14)18(15,16)17;/h2H2,1H3,(H,15,16,17);1H3. The summed E-state index contributed by atoms with van der Waals surface area (Å²) in [5, 5.41) is -6.76. The van der Waals surface area contributed by atoms with Gasteiger partial charge in [0.15, 0.2) is 0 Å². The Labute approximate surface area is 102 Å². The Morgan fingerprint density at radius 1 is 0.895 bits per heavy atom. The van der Waals surface area contributed by atoms with Crippen molar-refractivity contribution in [1.29, 1.82) is 0 Å². The Hall–Kier alpha value is -0.690. The van der Waals surface area contributed by atoms with Crippen molar-refractivity contribution < 1.29 is 48.1 Å². The van der Waals surface area contributed by atoms with Crippen LogP contribution in [0.5, 0.6) is 0 Å². The van der Waals surface area contributed by atoms with Gasteiger partial charge < -0.3 is 6.15 Å². The van der Waals surface area contributed by atoms with Crippen molar-refractivity contribution in [1.82, 2.24) is 6.15 Å². The predicted octanol–water partition coefficient (Wildman–Crippen LogP) is 2.94. The number of hydrogen-bond acceptors (Lipinski definition) is 3. The Morgan fingerprint density at radius 3 is 1.42 bits per heavy atom. The Morgan fingerprint density at radius 2 is 1.21 bits per heavy atom. The molecule has 0 fully saturated rings. The van der Waals surface area contributed by atoms with Crippen molar-refractivity contribution >= 4 is 10.1 Å². The third kappa shape index (κ3) is 2.76. The summed E-state index contributed by atoms with van der Waals surface area (Å²) in [6.45, 7) is 0.301. The van der Waals surface area contributed by atoms with Crippen LogP contribution in [-0.4, -0.2) is 36.0 Å². The van der Waals surface area contributed by atoms with Gasteiger partial charge in [0.05, 0.1) is 0 Å².